The van der Waals surface area contributed by atoms with Crippen molar-refractivity contribution in [2.75, 3.05) is 5.73 Å². The second kappa shape index (κ2) is 20.1. The molecule has 0 bridgehead atoms. The minimum atomic E-state index is -4.83. The quantitative estimate of drug-likeness (QED) is 0.0308. The Hall–Kier alpha value is -1.17. The van der Waals surface area contributed by atoms with Crippen LogP contribution in [-0.2, 0) is 20.6 Å². The van der Waals surface area contributed by atoms with E-state index in [4.69, 9.17) is 35.7 Å². The van der Waals surface area contributed by atoms with E-state index < -0.39 is 29.5 Å². The summed E-state index contributed by atoms with van der Waals surface area (Å²) in [5.41, 5.74) is 6.79. The van der Waals surface area contributed by atoms with Crippen molar-refractivity contribution in [3.05, 3.63) is 12.7 Å². The lowest BCUT2D eigenvalue weighted by atomic mass is 9.94. The van der Waals surface area contributed by atoms with Crippen molar-refractivity contribution in [1.29, 1.82) is 0 Å². The number of hydrogen-bond acceptors (Lipinski definition) is 9. The zero-order chi connectivity index (χ0) is 32.6. The number of nitrogens with zero attached hydrogens (tertiary/aromatic N) is 4. The van der Waals surface area contributed by atoms with Crippen LogP contribution in [0.2, 0.25) is 0 Å². The Labute approximate surface area is 275 Å². The molecule has 0 aliphatic heterocycles. The number of thiol groups is 2. The Morgan fingerprint density at radius 1 is 0.955 bits per heavy atom. The maximum atomic E-state index is 13.1. The van der Waals surface area contributed by atoms with Gasteiger partial charge in [-0.05, 0) is 19.8 Å². The highest BCUT2D eigenvalue weighted by atomic mass is 32.2. The molecule has 2 aromatic rings. The third-order valence-electron chi connectivity index (χ3n) is 8.17. The van der Waals surface area contributed by atoms with Crippen LogP contribution in [0.25, 0.3) is 11.2 Å². The Kier molecular flexibility index (Phi) is 17.9. The Morgan fingerprint density at radius 2 is 1.50 bits per heavy atom. The zero-order valence-electron chi connectivity index (χ0n) is 26.9. The van der Waals surface area contributed by atoms with Crippen molar-refractivity contribution in [2.45, 2.75) is 152 Å². The van der Waals surface area contributed by atoms with Crippen LogP contribution in [0.1, 0.15) is 130 Å². The molecule has 44 heavy (non-hydrogen) atoms. The van der Waals surface area contributed by atoms with E-state index in [1.165, 1.54) is 83.3 Å². The smallest absolute Gasteiger partial charge is 0.354 e. The monoisotopic (exact) mass is 673 g/mol. The number of anilines is 1. The predicted octanol–water partition coefficient (Wildman–Crippen LogP) is 7.73. The SMILES string of the molecule is CCCCCCCCCCCCCCCCC(S)(S)C[C@H](C(=O)CC)[C@H](O[C@H](C)Cn1cnc2c(N)ncnc21)P(=O)(O)O. The summed E-state index contributed by atoms with van der Waals surface area (Å²) in [4.78, 5) is 46.0. The molecule has 252 valence electrons. The maximum absolute atomic E-state index is 13.1. The molecule has 0 saturated carbocycles. The second-order valence-corrected chi connectivity index (χ2v) is 16.0. The molecule has 0 aliphatic rings. The number of carbonyl (C=O) groups excluding carboxylic acids is 1. The lowest BCUT2D eigenvalue weighted by Crippen LogP contribution is -2.37. The summed E-state index contributed by atoms with van der Waals surface area (Å²) in [7, 11) is -4.83. The predicted molar refractivity (Wildman–Crippen MR) is 185 cm³/mol. The van der Waals surface area contributed by atoms with Crippen LogP contribution >= 0.6 is 32.9 Å². The van der Waals surface area contributed by atoms with Gasteiger partial charge in [-0.25, -0.2) is 15.0 Å². The van der Waals surface area contributed by atoms with Gasteiger partial charge in [-0.3, -0.25) is 9.36 Å². The number of ketones is 1. The van der Waals surface area contributed by atoms with Crippen molar-refractivity contribution in [2.24, 2.45) is 5.92 Å². The summed E-state index contributed by atoms with van der Waals surface area (Å²) in [5, 5.41) is 0. The van der Waals surface area contributed by atoms with Crippen molar-refractivity contribution < 1.29 is 23.9 Å². The number of Topliss-reactive ketones (excluding diaryl/α,β-unsaturated/α-hetero) is 1. The number of imidazole rings is 1. The van der Waals surface area contributed by atoms with Gasteiger partial charge in [0.25, 0.3) is 0 Å². The third kappa shape index (κ3) is 14.1. The standard InChI is InChI=1S/C31H56N5O5PS2/c1-4-6-7-8-9-10-11-12-13-14-15-16-17-18-19-31(43,44)20-25(26(37)5-2)30(42(38,39)40)41-24(3)21-36-23-35-27-28(32)33-22-34-29(27)36/h22-25,30,43-44H,4-21H2,1-3H3,(H2,32,33,34)(H2,38,39,40)/t24-,25-,30-/m1/s1. The molecule has 0 aliphatic carbocycles. The van der Waals surface area contributed by atoms with Crippen molar-refractivity contribution in [3.8, 4) is 0 Å². The van der Waals surface area contributed by atoms with E-state index in [1.54, 1.807) is 18.4 Å². The summed E-state index contributed by atoms with van der Waals surface area (Å²) in [6.45, 7) is 5.82. The molecule has 3 atom stereocenters. The Balaban J connectivity index is 1.84. The van der Waals surface area contributed by atoms with Gasteiger partial charge in [0.15, 0.2) is 17.3 Å². The van der Waals surface area contributed by atoms with E-state index in [9.17, 15) is 19.1 Å². The highest BCUT2D eigenvalue weighted by Gasteiger charge is 2.44. The molecular weight excluding hydrogens is 617 g/mol. The molecule has 0 unspecified atom stereocenters. The molecule has 0 aromatic carbocycles. The number of ether oxygens (including phenoxy) is 1. The summed E-state index contributed by atoms with van der Waals surface area (Å²) < 4.78 is 19.4. The van der Waals surface area contributed by atoms with Crippen LogP contribution in [0.15, 0.2) is 12.7 Å². The maximum Gasteiger partial charge on any atom is 0.354 e. The summed E-state index contributed by atoms with van der Waals surface area (Å²) >= 11 is 9.49. The van der Waals surface area contributed by atoms with Crippen LogP contribution in [0, 0.1) is 5.92 Å². The molecule has 2 heterocycles. The van der Waals surface area contributed by atoms with E-state index in [1.807, 2.05) is 0 Å². The summed E-state index contributed by atoms with van der Waals surface area (Å²) in [6.07, 6.45) is 20.6. The van der Waals surface area contributed by atoms with Crippen molar-refractivity contribution >= 4 is 55.6 Å². The number of fused-ring (bicyclic) bond motifs is 1. The van der Waals surface area contributed by atoms with Gasteiger partial charge in [0, 0.05) is 6.42 Å². The fourth-order valence-corrected chi connectivity index (χ4v) is 7.51. The minimum Gasteiger partial charge on any atom is -0.382 e. The van der Waals surface area contributed by atoms with E-state index in [-0.39, 0.29) is 31.0 Å². The normalized spacial score (nSPS) is 14.6. The van der Waals surface area contributed by atoms with Gasteiger partial charge < -0.3 is 24.8 Å². The number of hydrogen-bond donors (Lipinski definition) is 5. The first-order chi connectivity index (χ1) is 20.9. The van der Waals surface area contributed by atoms with Gasteiger partial charge in [0.1, 0.15) is 17.6 Å². The van der Waals surface area contributed by atoms with Gasteiger partial charge in [0.2, 0.25) is 0 Å². The van der Waals surface area contributed by atoms with Crippen LogP contribution < -0.4 is 5.73 Å². The first-order valence-corrected chi connectivity index (χ1v) is 19.1. The molecular formula is C31H56N5O5PS2. The van der Waals surface area contributed by atoms with Gasteiger partial charge in [0.05, 0.1) is 29.0 Å². The fraction of sp³-hybridized carbons (Fsp3) is 0.806. The van der Waals surface area contributed by atoms with E-state index >= 15 is 0 Å². The first kappa shape index (κ1) is 39.0. The minimum absolute atomic E-state index is 0.0879. The second-order valence-electron chi connectivity index (χ2n) is 12.2. The average molecular weight is 674 g/mol. The highest BCUT2D eigenvalue weighted by Crippen LogP contribution is 2.50. The lowest BCUT2D eigenvalue weighted by Gasteiger charge is -2.34. The molecule has 10 nitrogen and oxygen atoms in total. The average Bonchev–Trinajstić information content (AvgIpc) is 3.37. The Bertz CT molecular complexity index is 1160. The zero-order valence-corrected chi connectivity index (χ0v) is 29.6. The Morgan fingerprint density at radius 3 is 2.02 bits per heavy atom. The fourth-order valence-electron chi connectivity index (χ4n) is 5.69. The molecule has 2 rings (SSSR count). The van der Waals surface area contributed by atoms with Gasteiger partial charge in [-0.2, -0.15) is 25.3 Å². The molecule has 0 radical (unpaired) electrons. The topological polar surface area (TPSA) is 153 Å². The van der Waals surface area contributed by atoms with Crippen LogP contribution in [0.3, 0.4) is 0 Å². The molecule has 0 amide bonds. The lowest BCUT2D eigenvalue weighted by molar-refractivity contribution is -0.128. The number of aromatic nitrogens is 4. The van der Waals surface area contributed by atoms with Crippen LogP contribution in [0.5, 0.6) is 0 Å². The van der Waals surface area contributed by atoms with Crippen LogP contribution in [0.4, 0.5) is 5.82 Å². The van der Waals surface area contributed by atoms with E-state index in [0.29, 0.717) is 17.6 Å². The summed E-state index contributed by atoms with van der Waals surface area (Å²) in [6, 6.07) is 0. The number of nitrogens with two attached hydrogens (primary N) is 1. The van der Waals surface area contributed by atoms with E-state index in [2.05, 4.69) is 21.9 Å². The van der Waals surface area contributed by atoms with E-state index in [0.717, 1.165) is 19.3 Å². The van der Waals surface area contributed by atoms with Gasteiger partial charge in [-0.1, -0.05) is 104 Å². The number of carbonyl (C=O) groups is 1. The number of unbranched alkanes of at least 4 members (excludes halogenated alkanes) is 13. The van der Waals surface area contributed by atoms with Crippen molar-refractivity contribution in [3.63, 3.8) is 0 Å². The molecule has 0 fully saturated rings. The van der Waals surface area contributed by atoms with Gasteiger partial charge in [-0.15, -0.1) is 0 Å². The third-order valence-corrected chi connectivity index (χ3v) is 10.1. The molecule has 4 N–H and O–H groups in total. The highest BCUT2D eigenvalue weighted by molar-refractivity contribution is 8.00. The van der Waals surface area contributed by atoms with Crippen LogP contribution in [-0.4, -0.2) is 51.1 Å². The molecule has 0 saturated heterocycles. The number of rotatable bonds is 25. The molecule has 0 spiro atoms. The largest absolute Gasteiger partial charge is 0.382 e. The molecule has 2 aromatic heterocycles. The van der Waals surface area contributed by atoms with Gasteiger partial charge >= 0.3 is 7.60 Å². The first-order valence-electron chi connectivity index (χ1n) is 16.5. The van der Waals surface area contributed by atoms with Crippen molar-refractivity contribution in [1.82, 2.24) is 19.5 Å². The summed E-state index contributed by atoms with van der Waals surface area (Å²) in [5.74, 6) is -2.72. The number of nitrogen functional groups attached to an aromatic ring is 1. The molecule has 13 heteroatoms.